The minimum absolute atomic E-state index is 0.265. The third kappa shape index (κ3) is 4.23. The fraction of sp³-hybridized carbons (Fsp3) is 0.0833. The van der Waals surface area contributed by atoms with Crippen molar-refractivity contribution in [1.82, 2.24) is 9.78 Å². The molecule has 0 aliphatic heterocycles. The molecule has 144 valence electrons. The van der Waals surface area contributed by atoms with Crippen molar-refractivity contribution < 1.29 is 4.79 Å². The second kappa shape index (κ2) is 8.33. The zero-order valence-electron chi connectivity index (χ0n) is 16.0. The number of aromatic nitrogens is 2. The Morgan fingerprint density at radius 1 is 0.897 bits per heavy atom. The number of carbonyl (C=O) groups is 1. The number of aryl methyl sites for hydroxylation is 1. The Hall–Kier alpha value is -3.37. The molecule has 0 aliphatic rings. The number of carbonyl (C=O) groups excluding carboxylic acids is 1. The van der Waals surface area contributed by atoms with E-state index in [2.05, 4.69) is 22.5 Å². The van der Waals surface area contributed by atoms with Crippen LogP contribution < -0.4 is 5.32 Å². The molecule has 0 aliphatic carbocycles. The molecule has 4 nitrogen and oxygen atoms in total. The Morgan fingerprint density at radius 3 is 2.14 bits per heavy atom. The average molecular weight is 402 g/mol. The lowest BCUT2D eigenvalue weighted by atomic mass is 10.1. The lowest BCUT2D eigenvalue weighted by Gasteiger charge is -2.07. The summed E-state index contributed by atoms with van der Waals surface area (Å²) in [5.74, 6) is -0.265. The normalized spacial score (nSPS) is 10.7. The van der Waals surface area contributed by atoms with Crippen molar-refractivity contribution in [3.63, 3.8) is 0 Å². The molecule has 1 aromatic heterocycles. The molecule has 0 atom stereocenters. The maximum absolute atomic E-state index is 12.8. The van der Waals surface area contributed by atoms with Gasteiger partial charge in [0.1, 0.15) is 5.15 Å². The number of hydrogen-bond acceptors (Lipinski definition) is 2. The van der Waals surface area contributed by atoms with E-state index in [0.29, 0.717) is 28.6 Å². The van der Waals surface area contributed by atoms with Gasteiger partial charge in [0.2, 0.25) is 0 Å². The van der Waals surface area contributed by atoms with Crippen LogP contribution in [0.4, 0.5) is 5.69 Å². The highest BCUT2D eigenvalue weighted by molar-refractivity contribution is 6.33. The lowest BCUT2D eigenvalue weighted by molar-refractivity contribution is 0.102. The van der Waals surface area contributed by atoms with Gasteiger partial charge in [0.25, 0.3) is 5.91 Å². The Bertz CT molecular complexity index is 1120. The summed E-state index contributed by atoms with van der Waals surface area (Å²) < 4.78 is 1.65. The van der Waals surface area contributed by atoms with E-state index in [-0.39, 0.29) is 5.91 Å². The largest absolute Gasteiger partial charge is 0.322 e. The first-order valence-electron chi connectivity index (χ1n) is 9.35. The van der Waals surface area contributed by atoms with Crippen LogP contribution in [0.5, 0.6) is 0 Å². The molecular formula is C24H20ClN3O. The van der Waals surface area contributed by atoms with Gasteiger partial charge in [-0.15, -0.1) is 0 Å². The van der Waals surface area contributed by atoms with E-state index in [1.165, 1.54) is 0 Å². The molecular weight excluding hydrogens is 382 g/mol. The van der Waals surface area contributed by atoms with Crippen molar-refractivity contribution in [3.8, 4) is 11.1 Å². The summed E-state index contributed by atoms with van der Waals surface area (Å²) in [5.41, 5.74) is 5.00. The fourth-order valence-corrected chi connectivity index (χ4v) is 3.56. The summed E-state index contributed by atoms with van der Waals surface area (Å²) in [6, 6.07) is 27.7. The van der Waals surface area contributed by atoms with Crippen molar-refractivity contribution in [2.45, 2.75) is 13.5 Å². The van der Waals surface area contributed by atoms with Crippen molar-refractivity contribution in [3.05, 3.63) is 107 Å². The van der Waals surface area contributed by atoms with Crippen molar-refractivity contribution in [2.24, 2.45) is 0 Å². The van der Waals surface area contributed by atoms with Gasteiger partial charge in [0.15, 0.2) is 0 Å². The Morgan fingerprint density at radius 2 is 1.48 bits per heavy atom. The van der Waals surface area contributed by atoms with E-state index < -0.39 is 0 Å². The van der Waals surface area contributed by atoms with E-state index in [1.54, 1.807) is 11.6 Å². The minimum Gasteiger partial charge on any atom is -0.322 e. The molecule has 0 radical (unpaired) electrons. The van der Waals surface area contributed by atoms with Crippen LogP contribution in [0.15, 0.2) is 84.9 Å². The van der Waals surface area contributed by atoms with Crippen molar-refractivity contribution >= 4 is 23.2 Å². The van der Waals surface area contributed by atoms with Gasteiger partial charge in [0, 0.05) is 5.69 Å². The van der Waals surface area contributed by atoms with E-state index in [9.17, 15) is 4.79 Å². The second-order valence-electron chi connectivity index (χ2n) is 6.79. The number of amides is 1. The molecule has 5 heteroatoms. The summed E-state index contributed by atoms with van der Waals surface area (Å²) in [5, 5.41) is 7.70. The lowest BCUT2D eigenvalue weighted by Crippen LogP contribution is -2.13. The summed E-state index contributed by atoms with van der Waals surface area (Å²) in [6.45, 7) is 2.31. The maximum atomic E-state index is 12.8. The molecule has 4 rings (SSSR count). The molecule has 0 fully saturated rings. The first-order valence-corrected chi connectivity index (χ1v) is 9.73. The quantitative estimate of drug-likeness (QED) is 0.458. The molecule has 1 N–H and O–H groups in total. The summed E-state index contributed by atoms with van der Waals surface area (Å²) in [4.78, 5) is 12.8. The fourth-order valence-electron chi connectivity index (χ4n) is 3.24. The molecule has 0 unspecified atom stereocenters. The van der Waals surface area contributed by atoms with Crippen LogP contribution in [0.1, 0.15) is 21.6 Å². The number of halogens is 1. The number of anilines is 1. The number of rotatable bonds is 5. The highest BCUT2D eigenvalue weighted by atomic mass is 35.5. The van der Waals surface area contributed by atoms with Gasteiger partial charge < -0.3 is 5.32 Å². The van der Waals surface area contributed by atoms with Gasteiger partial charge >= 0.3 is 0 Å². The third-order valence-corrected chi connectivity index (χ3v) is 5.10. The van der Waals surface area contributed by atoms with E-state index >= 15 is 0 Å². The molecule has 3 aromatic carbocycles. The summed E-state index contributed by atoms with van der Waals surface area (Å²) >= 11 is 6.49. The highest BCUT2D eigenvalue weighted by Crippen LogP contribution is 2.24. The molecule has 1 amide bonds. The molecule has 1 heterocycles. The zero-order chi connectivity index (χ0) is 20.2. The molecule has 29 heavy (non-hydrogen) atoms. The Kier molecular flexibility index (Phi) is 5.45. The molecule has 0 bridgehead atoms. The van der Waals surface area contributed by atoms with Gasteiger partial charge in [0.05, 0.1) is 17.8 Å². The van der Waals surface area contributed by atoms with Gasteiger partial charge in [-0.1, -0.05) is 84.4 Å². The Balaban J connectivity index is 1.51. The van der Waals surface area contributed by atoms with Gasteiger partial charge in [-0.05, 0) is 35.7 Å². The van der Waals surface area contributed by atoms with Crippen LogP contribution in [0, 0.1) is 6.92 Å². The SMILES string of the molecule is Cc1nn(Cc2ccccc2)c(Cl)c1C(=O)Nc1ccc(-c2ccccc2)cc1. The average Bonchev–Trinajstić information content (AvgIpc) is 3.03. The van der Waals surface area contributed by atoms with Crippen LogP contribution in [0.25, 0.3) is 11.1 Å². The third-order valence-electron chi connectivity index (χ3n) is 4.72. The van der Waals surface area contributed by atoms with Gasteiger partial charge in [-0.3, -0.25) is 4.79 Å². The van der Waals surface area contributed by atoms with Crippen LogP contribution in [0.2, 0.25) is 5.15 Å². The monoisotopic (exact) mass is 401 g/mol. The number of nitrogens with one attached hydrogen (secondary N) is 1. The zero-order valence-corrected chi connectivity index (χ0v) is 16.7. The standard InChI is InChI=1S/C24H20ClN3O/c1-17-22(23(25)28(27-17)16-18-8-4-2-5-9-18)24(29)26-21-14-12-20(13-15-21)19-10-6-3-7-11-19/h2-15H,16H2,1H3,(H,26,29). The predicted molar refractivity (Wildman–Crippen MR) is 117 cm³/mol. The molecule has 4 aromatic rings. The Labute approximate surface area is 174 Å². The molecule has 0 saturated heterocycles. The van der Waals surface area contributed by atoms with E-state index in [4.69, 9.17) is 11.6 Å². The maximum Gasteiger partial charge on any atom is 0.260 e. The number of hydrogen-bond donors (Lipinski definition) is 1. The van der Waals surface area contributed by atoms with Gasteiger partial charge in [-0.25, -0.2) is 4.68 Å². The first kappa shape index (κ1) is 19.0. The van der Waals surface area contributed by atoms with E-state index in [1.807, 2.05) is 72.8 Å². The van der Waals surface area contributed by atoms with Crippen molar-refractivity contribution in [2.75, 3.05) is 5.32 Å². The van der Waals surface area contributed by atoms with Gasteiger partial charge in [-0.2, -0.15) is 5.10 Å². The number of nitrogens with zero attached hydrogens (tertiary/aromatic N) is 2. The summed E-state index contributed by atoms with van der Waals surface area (Å²) in [6.07, 6.45) is 0. The first-order chi connectivity index (χ1) is 14.1. The molecule has 0 spiro atoms. The summed E-state index contributed by atoms with van der Waals surface area (Å²) in [7, 11) is 0. The molecule has 0 saturated carbocycles. The van der Waals surface area contributed by atoms with Crippen LogP contribution >= 0.6 is 11.6 Å². The van der Waals surface area contributed by atoms with E-state index in [0.717, 1.165) is 16.7 Å². The minimum atomic E-state index is -0.265. The highest BCUT2D eigenvalue weighted by Gasteiger charge is 2.20. The van der Waals surface area contributed by atoms with Crippen molar-refractivity contribution in [1.29, 1.82) is 0 Å². The van der Waals surface area contributed by atoms with Crippen LogP contribution in [-0.2, 0) is 6.54 Å². The van der Waals surface area contributed by atoms with Crippen LogP contribution in [-0.4, -0.2) is 15.7 Å². The van der Waals surface area contributed by atoms with Crippen LogP contribution in [0.3, 0.4) is 0 Å². The predicted octanol–water partition coefficient (Wildman–Crippen LogP) is 5.81. The smallest absolute Gasteiger partial charge is 0.260 e. The topological polar surface area (TPSA) is 46.9 Å². The number of benzene rings is 3. The second-order valence-corrected chi connectivity index (χ2v) is 7.15.